The van der Waals surface area contributed by atoms with Crippen LogP contribution < -0.4 is 4.74 Å². The topological polar surface area (TPSA) is 35.5 Å². The van der Waals surface area contributed by atoms with Gasteiger partial charge in [0.25, 0.3) is 0 Å². The van der Waals surface area contributed by atoms with Crippen molar-refractivity contribution >= 4 is 27.4 Å². The minimum atomic E-state index is -5.84. The summed E-state index contributed by atoms with van der Waals surface area (Å²) in [5.41, 5.74) is 0.932. The molecule has 0 N–H and O–H groups in total. The number of esters is 1. The first-order chi connectivity index (χ1) is 15.0. The van der Waals surface area contributed by atoms with Gasteiger partial charge in [-0.25, -0.2) is 4.79 Å². The molecule has 0 aliphatic carbocycles. The first-order valence-electron chi connectivity index (χ1n) is 9.11. The second-order valence-corrected chi connectivity index (χ2v) is 7.84. The van der Waals surface area contributed by atoms with Crippen molar-refractivity contribution in [1.29, 1.82) is 0 Å². The van der Waals surface area contributed by atoms with E-state index in [0.717, 1.165) is 15.8 Å². The molecule has 1 heterocycles. The quantitative estimate of drug-likeness (QED) is 0.200. The van der Waals surface area contributed by atoms with E-state index in [0.29, 0.717) is 10.8 Å². The number of carbonyl (C=O) groups is 1. The maximum Gasteiger partial charge on any atom is 0.378 e. The number of fused-ring (bicyclic) bond motifs is 1. The van der Waals surface area contributed by atoms with Crippen molar-refractivity contribution in [1.82, 2.24) is 0 Å². The number of thiophene rings is 1. The summed E-state index contributed by atoms with van der Waals surface area (Å²) in [7, 11) is 0. The SMILES string of the molecule is C=CC(=O)OCC(F)(F)C(F)(F)C(F)(F)COc1ccc2cc(-c3ccccc3)sc2c1. The number of alkyl halides is 6. The monoisotopic (exact) mass is 474 g/mol. The predicted molar refractivity (Wildman–Crippen MR) is 109 cm³/mol. The molecule has 0 saturated heterocycles. The molecular weight excluding hydrogens is 458 g/mol. The highest BCUT2D eigenvalue weighted by Gasteiger charge is 2.72. The number of carbonyl (C=O) groups excluding carboxylic acids is 1. The number of ether oxygens (including phenoxy) is 2. The predicted octanol–water partition coefficient (Wildman–Crippen LogP) is 6.58. The Labute approximate surface area is 182 Å². The van der Waals surface area contributed by atoms with E-state index < -0.39 is 37.0 Å². The van der Waals surface area contributed by atoms with E-state index in [1.807, 2.05) is 36.4 Å². The molecule has 0 radical (unpaired) electrons. The number of rotatable bonds is 9. The highest BCUT2D eigenvalue weighted by Crippen LogP contribution is 2.46. The summed E-state index contributed by atoms with van der Waals surface area (Å²) >= 11 is 1.33. The second-order valence-electron chi connectivity index (χ2n) is 6.76. The molecule has 32 heavy (non-hydrogen) atoms. The van der Waals surface area contributed by atoms with Gasteiger partial charge < -0.3 is 9.47 Å². The molecule has 3 nitrogen and oxygen atoms in total. The van der Waals surface area contributed by atoms with Crippen LogP contribution in [-0.2, 0) is 9.53 Å². The van der Waals surface area contributed by atoms with Gasteiger partial charge in [0.05, 0.1) is 0 Å². The van der Waals surface area contributed by atoms with Gasteiger partial charge in [-0.3, -0.25) is 0 Å². The van der Waals surface area contributed by atoms with Gasteiger partial charge in [-0.1, -0.05) is 36.9 Å². The lowest BCUT2D eigenvalue weighted by Gasteiger charge is -2.32. The number of benzene rings is 2. The Bertz CT molecular complexity index is 1110. The molecule has 0 bridgehead atoms. The molecule has 0 spiro atoms. The van der Waals surface area contributed by atoms with Gasteiger partial charge in [0.1, 0.15) is 5.75 Å². The van der Waals surface area contributed by atoms with E-state index in [9.17, 15) is 31.1 Å². The molecule has 0 unspecified atom stereocenters. The van der Waals surface area contributed by atoms with E-state index in [-0.39, 0.29) is 5.75 Å². The van der Waals surface area contributed by atoms with E-state index in [2.05, 4.69) is 11.3 Å². The third kappa shape index (κ3) is 4.74. The van der Waals surface area contributed by atoms with Crippen molar-refractivity contribution in [3.05, 3.63) is 67.3 Å². The van der Waals surface area contributed by atoms with Crippen LogP contribution in [0.4, 0.5) is 26.3 Å². The van der Waals surface area contributed by atoms with Crippen LogP contribution >= 0.6 is 11.3 Å². The third-order valence-corrected chi connectivity index (χ3v) is 5.60. The lowest BCUT2D eigenvalue weighted by atomic mass is 10.1. The van der Waals surface area contributed by atoms with Crippen LogP contribution in [0.1, 0.15) is 0 Å². The molecule has 0 aliphatic heterocycles. The first kappa shape index (κ1) is 23.6. The summed E-state index contributed by atoms with van der Waals surface area (Å²) in [4.78, 5) is 11.7. The fourth-order valence-electron chi connectivity index (χ4n) is 2.69. The van der Waals surface area contributed by atoms with Crippen LogP contribution in [-0.4, -0.2) is 37.0 Å². The van der Waals surface area contributed by atoms with Gasteiger partial charge >= 0.3 is 23.7 Å². The molecule has 3 aromatic rings. The Morgan fingerprint density at radius 3 is 2.25 bits per heavy atom. The molecule has 0 atom stereocenters. The standard InChI is InChI=1S/C22H16F6O3S/c1-2-19(29)31-13-21(25,26)22(27,28)20(23,24)12-30-16-9-8-15-10-17(32-18(15)11-16)14-6-4-3-5-7-14/h2-11H,1,12-13H2. The maximum atomic E-state index is 14.0. The van der Waals surface area contributed by atoms with Crippen LogP contribution in [0.5, 0.6) is 5.75 Å². The summed E-state index contributed by atoms with van der Waals surface area (Å²) in [6.07, 6.45) is 0.444. The highest BCUT2D eigenvalue weighted by molar-refractivity contribution is 7.22. The summed E-state index contributed by atoms with van der Waals surface area (Å²) in [5.74, 6) is -18.1. The van der Waals surface area contributed by atoms with Crippen molar-refractivity contribution < 1.29 is 40.6 Å². The largest absolute Gasteiger partial charge is 0.487 e. The summed E-state index contributed by atoms with van der Waals surface area (Å²) in [6.45, 7) is -1.34. The molecule has 0 fully saturated rings. The Morgan fingerprint density at radius 2 is 1.59 bits per heavy atom. The number of hydrogen-bond donors (Lipinski definition) is 0. The minimum Gasteiger partial charge on any atom is -0.487 e. The Morgan fingerprint density at radius 1 is 0.938 bits per heavy atom. The van der Waals surface area contributed by atoms with Gasteiger partial charge in [0.2, 0.25) is 0 Å². The van der Waals surface area contributed by atoms with E-state index in [1.165, 1.54) is 23.5 Å². The van der Waals surface area contributed by atoms with E-state index in [4.69, 9.17) is 4.74 Å². The zero-order valence-corrected chi connectivity index (χ0v) is 17.1. The van der Waals surface area contributed by atoms with Crippen LogP contribution in [0.3, 0.4) is 0 Å². The summed E-state index contributed by atoms with van der Waals surface area (Å²) in [6, 6.07) is 15.4. The lowest BCUT2D eigenvalue weighted by Crippen LogP contribution is -2.58. The smallest absolute Gasteiger partial charge is 0.378 e. The van der Waals surface area contributed by atoms with Crippen molar-refractivity contribution in [3.8, 4) is 16.2 Å². The fraction of sp³-hybridized carbons (Fsp3) is 0.227. The molecular formula is C22H16F6O3S. The molecule has 10 heteroatoms. The maximum absolute atomic E-state index is 14.0. The van der Waals surface area contributed by atoms with Crippen molar-refractivity contribution in [3.63, 3.8) is 0 Å². The van der Waals surface area contributed by atoms with Gasteiger partial charge in [-0.05, 0) is 35.2 Å². The average molecular weight is 474 g/mol. The molecule has 3 rings (SSSR count). The molecule has 0 amide bonds. The first-order valence-corrected chi connectivity index (χ1v) is 9.93. The highest BCUT2D eigenvalue weighted by atomic mass is 32.1. The van der Waals surface area contributed by atoms with Gasteiger partial charge in [0.15, 0.2) is 13.2 Å². The zero-order chi connectivity index (χ0) is 23.6. The van der Waals surface area contributed by atoms with Crippen LogP contribution in [0.25, 0.3) is 20.5 Å². The Kier molecular flexibility index (Phi) is 6.54. The summed E-state index contributed by atoms with van der Waals surface area (Å²) < 4.78 is 92.4. The summed E-state index contributed by atoms with van der Waals surface area (Å²) in [5, 5.41) is 0.772. The molecule has 170 valence electrons. The third-order valence-electron chi connectivity index (χ3n) is 4.45. The normalized spacial score (nSPS) is 12.6. The Balaban J connectivity index is 1.74. The lowest BCUT2D eigenvalue weighted by molar-refractivity contribution is -0.322. The molecule has 1 aromatic heterocycles. The minimum absolute atomic E-state index is 0.184. The fourth-order valence-corrected chi connectivity index (χ4v) is 3.79. The van der Waals surface area contributed by atoms with Crippen LogP contribution in [0.2, 0.25) is 0 Å². The van der Waals surface area contributed by atoms with Crippen molar-refractivity contribution in [2.75, 3.05) is 13.2 Å². The van der Waals surface area contributed by atoms with Crippen molar-refractivity contribution in [2.45, 2.75) is 17.8 Å². The zero-order valence-electron chi connectivity index (χ0n) is 16.3. The second kappa shape index (κ2) is 8.85. The van der Waals surface area contributed by atoms with Crippen molar-refractivity contribution in [2.24, 2.45) is 0 Å². The van der Waals surface area contributed by atoms with E-state index >= 15 is 0 Å². The van der Waals surface area contributed by atoms with Gasteiger partial charge in [0, 0.05) is 15.7 Å². The average Bonchev–Trinajstić information content (AvgIpc) is 3.20. The molecule has 2 aromatic carbocycles. The number of hydrogen-bond acceptors (Lipinski definition) is 4. The van der Waals surface area contributed by atoms with Gasteiger partial charge in [-0.2, -0.15) is 26.3 Å². The molecule has 0 aliphatic rings. The number of halogens is 6. The van der Waals surface area contributed by atoms with Crippen LogP contribution in [0.15, 0.2) is 67.3 Å². The Hall–Kier alpha value is -3.01. The van der Waals surface area contributed by atoms with Crippen LogP contribution in [0, 0.1) is 0 Å². The van der Waals surface area contributed by atoms with Gasteiger partial charge in [-0.15, -0.1) is 11.3 Å². The molecule has 0 saturated carbocycles. The van der Waals surface area contributed by atoms with E-state index in [1.54, 1.807) is 6.07 Å².